The molecule has 3 aliphatic rings. The molecule has 0 aromatic heterocycles. The smallest absolute Gasteiger partial charge is 0.231 e. The molecule has 44 heavy (non-hydrogen) atoms. The van der Waals surface area contributed by atoms with E-state index < -0.39 is 15.8 Å². The second-order valence-electron chi connectivity index (χ2n) is 10.7. The minimum atomic E-state index is -0.944. The van der Waals surface area contributed by atoms with Crippen molar-refractivity contribution < 1.29 is 18.9 Å². The minimum Gasteiger partial charge on any atom is -0.458 e. The van der Waals surface area contributed by atoms with Crippen molar-refractivity contribution >= 4 is 47.9 Å². The molecule has 0 amide bonds. The Labute approximate surface area is 260 Å². The van der Waals surface area contributed by atoms with Crippen molar-refractivity contribution in [3.8, 4) is 11.5 Å². The molecule has 216 valence electrons. The third-order valence-corrected chi connectivity index (χ3v) is 13.2. The van der Waals surface area contributed by atoms with E-state index >= 15 is 0 Å². The summed E-state index contributed by atoms with van der Waals surface area (Å²) in [5, 5.41) is 7.75. The number of rotatable bonds is 7. The van der Waals surface area contributed by atoms with Gasteiger partial charge in [0.05, 0.1) is 0 Å². The van der Waals surface area contributed by atoms with Crippen molar-refractivity contribution in [2.45, 2.75) is 12.8 Å². The third kappa shape index (κ3) is 4.89. The maximum atomic E-state index is 6.40. The minimum absolute atomic E-state index is 0.193. The maximum absolute atomic E-state index is 6.40. The number of allylic oxidation sites excluding steroid dienone is 3. The molecule has 2 heterocycles. The van der Waals surface area contributed by atoms with Gasteiger partial charge in [0, 0.05) is 17.6 Å². The predicted molar refractivity (Wildman–Crippen MR) is 181 cm³/mol. The normalized spacial score (nSPS) is 15.4. The van der Waals surface area contributed by atoms with Crippen LogP contribution in [0.4, 0.5) is 0 Å². The Morgan fingerprint density at radius 3 is 1.55 bits per heavy atom. The van der Waals surface area contributed by atoms with E-state index in [0.29, 0.717) is 0 Å². The van der Waals surface area contributed by atoms with Gasteiger partial charge in [-0.05, 0) is 66.2 Å². The van der Waals surface area contributed by atoms with E-state index in [9.17, 15) is 0 Å². The summed E-state index contributed by atoms with van der Waals surface area (Å²) in [5.41, 5.74) is 2.16. The Balaban J connectivity index is 1.46. The molecule has 5 aromatic carbocycles. The van der Waals surface area contributed by atoms with Crippen molar-refractivity contribution in [3.05, 3.63) is 156 Å². The molecule has 0 N–H and O–H groups in total. The Hall–Kier alpha value is -4.36. The van der Waals surface area contributed by atoms with Crippen molar-refractivity contribution in [2.75, 3.05) is 13.6 Å². The van der Waals surface area contributed by atoms with Crippen molar-refractivity contribution in [1.29, 1.82) is 0 Å². The van der Waals surface area contributed by atoms with Crippen LogP contribution in [0.25, 0.3) is 5.57 Å². The zero-order chi connectivity index (χ0) is 29.3. The van der Waals surface area contributed by atoms with E-state index in [0.717, 1.165) is 47.0 Å². The summed E-state index contributed by atoms with van der Waals surface area (Å²) >= 11 is 0. The monoisotopic (exact) mass is 612 g/mol. The average Bonchev–Trinajstić information content (AvgIpc) is 3.77. The lowest BCUT2D eigenvalue weighted by molar-refractivity contribution is 0.0736. The largest absolute Gasteiger partial charge is 0.458 e. The molecule has 0 bridgehead atoms. The lowest BCUT2D eigenvalue weighted by Crippen LogP contribution is -2.25. The fourth-order valence-corrected chi connectivity index (χ4v) is 11.3. The molecule has 1 aliphatic carbocycles. The van der Waals surface area contributed by atoms with Gasteiger partial charge in [0.25, 0.3) is 0 Å². The molecular weight excluding hydrogens is 582 g/mol. The van der Waals surface area contributed by atoms with Gasteiger partial charge >= 0.3 is 0 Å². The summed E-state index contributed by atoms with van der Waals surface area (Å²) < 4.78 is 24.9. The Morgan fingerprint density at radius 1 is 0.455 bits per heavy atom. The van der Waals surface area contributed by atoms with Gasteiger partial charge < -0.3 is 18.9 Å². The van der Waals surface area contributed by atoms with Crippen molar-refractivity contribution in [3.63, 3.8) is 0 Å². The zero-order valence-corrected chi connectivity index (χ0v) is 25.8. The van der Waals surface area contributed by atoms with Crippen LogP contribution in [0.5, 0.6) is 11.5 Å². The first-order valence-corrected chi connectivity index (χ1v) is 17.5. The van der Waals surface area contributed by atoms with E-state index in [1.807, 2.05) is 0 Å². The highest BCUT2D eigenvalue weighted by atomic mass is 31.1. The van der Waals surface area contributed by atoms with E-state index in [-0.39, 0.29) is 13.6 Å². The van der Waals surface area contributed by atoms with Crippen LogP contribution >= 0.6 is 15.8 Å². The Kier molecular flexibility index (Phi) is 7.40. The molecule has 2 aliphatic heterocycles. The van der Waals surface area contributed by atoms with E-state index in [2.05, 4.69) is 133 Å². The summed E-state index contributed by atoms with van der Waals surface area (Å²) in [6.45, 7) is 0.419. The number of hydrogen-bond donors (Lipinski definition) is 0. The van der Waals surface area contributed by atoms with Gasteiger partial charge in [-0.15, -0.1) is 0 Å². The average molecular weight is 613 g/mol. The van der Waals surface area contributed by atoms with Crippen LogP contribution in [0.3, 0.4) is 0 Å². The van der Waals surface area contributed by atoms with Crippen LogP contribution in [0.2, 0.25) is 0 Å². The standard InChI is InChI=1S/C38H30O4P2/c1-5-13-27(14-6-1)43(28-15-7-2-8-16-28)33-23-21-31-37(41-25-39-31)35(33)36-34(24-22-32-38(36)42-26-40-32)44(29-17-9-3-10-18-29)30-19-11-4-12-20-30/h1-21,23H,22,24-26H2. The van der Waals surface area contributed by atoms with Gasteiger partial charge in [0.1, 0.15) is 5.76 Å². The third-order valence-electron chi connectivity index (χ3n) is 8.13. The van der Waals surface area contributed by atoms with Crippen molar-refractivity contribution in [1.82, 2.24) is 0 Å². The summed E-state index contributed by atoms with van der Waals surface area (Å²) in [6, 6.07) is 47.7. The number of ether oxygens (including phenoxy) is 4. The lowest BCUT2D eigenvalue weighted by Gasteiger charge is -2.31. The molecule has 8 rings (SSSR count). The van der Waals surface area contributed by atoms with Gasteiger partial charge in [0.15, 0.2) is 17.3 Å². The van der Waals surface area contributed by atoms with Crippen molar-refractivity contribution in [2.24, 2.45) is 0 Å². The molecule has 0 saturated heterocycles. The molecule has 0 fully saturated rings. The second kappa shape index (κ2) is 12.0. The van der Waals surface area contributed by atoms with Crippen LogP contribution in [0.15, 0.2) is 150 Å². The van der Waals surface area contributed by atoms with Crippen LogP contribution in [-0.2, 0) is 9.47 Å². The fraction of sp³-hybridized carbons (Fsp3) is 0.105. The van der Waals surface area contributed by atoms with Gasteiger partial charge in [-0.1, -0.05) is 121 Å². The maximum Gasteiger partial charge on any atom is 0.231 e. The van der Waals surface area contributed by atoms with Gasteiger partial charge in [-0.3, -0.25) is 0 Å². The molecule has 0 unspecified atom stereocenters. The zero-order valence-electron chi connectivity index (χ0n) is 24.1. The molecule has 6 heteroatoms. The topological polar surface area (TPSA) is 36.9 Å². The summed E-state index contributed by atoms with van der Waals surface area (Å²) in [4.78, 5) is 0. The van der Waals surface area contributed by atoms with Gasteiger partial charge in [0.2, 0.25) is 13.6 Å². The number of hydrogen-bond acceptors (Lipinski definition) is 4. The van der Waals surface area contributed by atoms with Crippen LogP contribution < -0.4 is 36.0 Å². The predicted octanol–water partition coefficient (Wildman–Crippen LogP) is 7.03. The SMILES string of the molecule is c1ccc(P(C2=C(c3c(P(c4ccccc4)c4ccccc4)ccc4c3OCO4)C3=C(CC2)OCO3)c2ccccc2)cc1. The summed E-state index contributed by atoms with van der Waals surface area (Å²) in [6.07, 6.45) is 1.67. The summed E-state index contributed by atoms with van der Waals surface area (Å²) in [5.74, 6) is 3.31. The van der Waals surface area contributed by atoms with E-state index in [1.54, 1.807) is 0 Å². The quantitative estimate of drug-likeness (QED) is 0.185. The first-order chi connectivity index (χ1) is 21.9. The molecule has 4 nitrogen and oxygen atoms in total. The highest BCUT2D eigenvalue weighted by Gasteiger charge is 2.39. The van der Waals surface area contributed by atoms with Crippen LogP contribution in [0, 0.1) is 0 Å². The highest BCUT2D eigenvalue weighted by molar-refractivity contribution is 7.80. The molecule has 0 saturated carbocycles. The molecule has 0 radical (unpaired) electrons. The Morgan fingerprint density at radius 2 is 0.977 bits per heavy atom. The second-order valence-corrected chi connectivity index (χ2v) is 15.1. The number of fused-ring (bicyclic) bond motifs is 1. The first kappa shape index (κ1) is 27.2. The highest BCUT2D eigenvalue weighted by Crippen LogP contribution is 2.57. The summed E-state index contributed by atoms with van der Waals surface area (Å²) in [7, 11) is -1.83. The van der Waals surface area contributed by atoms with E-state index in [4.69, 9.17) is 18.9 Å². The van der Waals surface area contributed by atoms with E-state index in [1.165, 1.54) is 31.8 Å². The van der Waals surface area contributed by atoms with Gasteiger partial charge in [-0.2, -0.15) is 0 Å². The molecule has 0 spiro atoms. The Bertz CT molecular complexity index is 1780. The first-order valence-electron chi connectivity index (χ1n) is 14.8. The van der Waals surface area contributed by atoms with Crippen LogP contribution in [-0.4, -0.2) is 13.6 Å². The molecule has 0 atom stereocenters. The van der Waals surface area contributed by atoms with Gasteiger partial charge in [-0.25, -0.2) is 0 Å². The number of benzene rings is 5. The lowest BCUT2D eigenvalue weighted by atomic mass is 9.95. The molecule has 5 aromatic rings. The molecular formula is C38H30O4P2. The fourth-order valence-electron chi connectivity index (χ4n) is 6.26. The van der Waals surface area contributed by atoms with Crippen LogP contribution in [0.1, 0.15) is 18.4 Å².